The molecule has 0 spiro atoms. The molecule has 1 aromatic heterocycles. The van der Waals surface area contributed by atoms with Crippen molar-refractivity contribution in [3.63, 3.8) is 0 Å². The number of morpholine rings is 1. The lowest BCUT2D eigenvalue weighted by molar-refractivity contribution is -0.0406. The molecule has 1 saturated carbocycles. The summed E-state index contributed by atoms with van der Waals surface area (Å²) < 4.78 is 33.1. The topological polar surface area (TPSA) is 75.6 Å². The van der Waals surface area contributed by atoms with Gasteiger partial charge in [0.15, 0.2) is 5.82 Å². The number of aromatic nitrogens is 2. The Labute approximate surface area is 143 Å². The highest BCUT2D eigenvalue weighted by Crippen LogP contribution is 2.35. The van der Waals surface area contributed by atoms with Crippen LogP contribution in [-0.2, 0) is 14.8 Å². The SMILES string of the molecule is Cc1ccc(N2CCC3OCCN(S(=O)(=O)C4CC4)C3CC2)nn1. The van der Waals surface area contributed by atoms with E-state index in [0.717, 1.165) is 50.3 Å². The Hall–Kier alpha value is -1.25. The number of fused-ring (bicyclic) bond motifs is 1. The van der Waals surface area contributed by atoms with Gasteiger partial charge in [0.2, 0.25) is 10.0 Å². The minimum Gasteiger partial charge on any atom is -0.375 e. The maximum Gasteiger partial charge on any atom is 0.217 e. The lowest BCUT2D eigenvalue weighted by Gasteiger charge is -2.39. The third-order valence-corrected chi connectivity index (χ3v) is 7.62. The monoisotopic (exact) mass is 352 g/mol. The summed E-state index contributed by atoms with van der Waals surface area (Å²) in [5.41, 5.74) is 0.896. The summed E-state index contributed by atoms with van der Waals surface area (Å²) in [5, 5.41) is 8.25. The number of ether oxygens (including phenoxy) is 1. The first kappa shape index (κ1) is 16.2. The van der Waals surface area contributed by atoms with E-state index in [1.165, 1.54) is 0 Å². The number of sulfonamides is 1. The highest BCUT2D eigenvalue weighted by atomic mass is 32.2. The summed E-state index contributed by atoms with van der Waals surface area (Å²) in [6.45, 7) is 4.50. The summed E-state index contributed by atoms with van der Waals surface area (Å²) in [6, 6.07) is 3.89. The van der Waals surface area contributed by atoms with Crippen molar-refractivity contribution in [1.29, 1.82) is 0 Å². The van der Waals surface area contributed by atoms with Gasteiger partial charge in [0, 0.05) is 19.6 Å². The third-order valence-electron chi connectivity index (χ3n) is 5.20. The number of rotatable bonds is 3. The van der Waals surface area contributed by atoms with Crippen molar-refractivity contribution in [2.75, 3.05) is 31.1 Å². The maximum absolute atomic E-state index is 12.7. The van der Waals surface area contributed by atoms with E-state index >= 15 is 0 Å². The molecule has 3 fully saturated rings. The van der Waals surface area contributed by atoms with Crippen molar-refractivity contribution in [3.8, 4) is 0 Å². The second-order valence-corrected chi connectivity index (χ2v) is 9.09. The van der Waals surface area contributed by atoms with E-state index < -0.39 is 10.0 Å². The van der Waals surface area contributed by atoms with E-state index in [4.69, 9.17) is 4.74 Å². The van der Waals surface area contributed by atoms with Crippen LogP contribution in [0.5, 0.6) is 0 Å². The Morgan fingerprint density at radius 3 is 2.58 bits per heavy atom. The average molecular weight is 352 g/mol. The molecular weight excluding hydrogens is 328 g/mol. The predicted octanol–water partition coefficient (Wildman–Crippen LogP) is 0.947. The Morgan fingerprint density at radius 2 is 1.88 bits per heavy atom. The normalized spacial score (nSPS) is 29.1. The van der Waals surface area contributed by atoms with Gasteiger partial charge in [0.1, 0.15) is 0 Å². The van der Waals surface area contributed by atoms with Gasteiger partial charge in [-0.2, -0.15) is 9.40 Å². The van der Waals surface area contributed by atoms with E-state index in [-0.39, 0.29) is 17.4 Å². The predicted molar refractivity (Wildman–Crippen MR) is 90.4 cm³/mol. The fourth-order valence-corrected chi connectivity index (χ4v) is 5.77. The molecule has 0 radical (unpaired) electrons. The van der Waals surface area contributed by atoms with Gasteiger partial charge in [0.25, 0.3) is 0 Å². The molecule has 3 heterocycles. The highest BCUT2D eigenvalue weighted by Gasteiger charge is 2.46. The van der Waals surface area contributed by atoms with Crippen molar-refractivity contribution in [1.82, 2.24) is 14.5 Å². The first-order chi connectivity index (χ1) is 11.6. The summed E-state index contributed by atoms with van der Waals surface area (Å²) in [6.07, 6.45) is 3.18. The van der Waals surface area contributed by atoms with Gasteiger partial charge < -0.3 is 9.64 Å². The Morgan fingerprint density at radius 1 is 1.08 bits per heavy atom. The standard InChI is InChI=1S/C16H24N4O3S/c1-12-2-5-16(18-17-12)19-8-6-14-15(7-9-19)23-11-10-20(14)24(21,22)13-3-4-13/h2,5,13-15H,3-4,6-11H2,1H3. The lowest BCUT2D eigenvalue weighted by Crippen LogP contribution is -2.54. The van der Waals surface area contributed by atoms with E-state index in [2.05, 4.69) is 15.1 Å². The maximum atomic E-state index is 12.7. The minimum atomic E-state index is -3.16. The van der Waals surface area contributed by atoms with Crippen LogP contribution in [0.2, 0.25) is 0 Å². The molecule has 2 aliphatic heterocycles. The molecule has 1 aliphatic carbocycles. The Balaban J connectivity index is 1.52. The number of nitrogens with zero attached hydrogens (tertiary/aromatic N) is 4. The summed E-state index contributed by atoms with van der Waals surface area (Å²) in [7, 11) is -3.16. The Bertz CT molecular complexity index is 690. The van der Waals surface area contributed by atoms with Crippen molar-refractivity contribution in [2.45, 2.75) is 50.0 Å². The second-order valence-electron chi connectivity index (χ2n) is 6.93. The molecule has 2 atom stereocenters. The van der Waals surface area contributed by atoms with Crippen LogP contribution < -0.4 is 4.90 Å². The highest BCUT2D eigenvalue weighted by molar-refractivity contribution is 7.90. The van der Waals surface area contributed by atoms with E-state index in [9.17, 15) is 8.42 Å². The van der Waals surface area contributed by atoms with Crippen molar-refractivity contribution in [2.24, 2.45) is 0 Å². The quantitative estimate of drug-likeness (QED) is 0.806. The van der Waals surface area contributed by atoms with Gasteiger partial charge in [-0.3, -0.25) is 0 Å². The fourth-order valence-electron chi connectivity index (χ4n) is 3.71. The van der Waals surface area contributed by atoms with Gasteiger partial charge in [0.05, 0.1) is 29.7 Å². The molecule has 1 aromatic rings. The van der Waals surface area contributed by atoms with Crippen LogP contribution in [-0.4, -0.2) is 66.6 Å². The first-order valence-electron chi connectivity index (χ1n) is 8.73. The van der Waals surface area contributed by atoms with Crippen molar-refractivity contribution in [3.05, 3.63) is 17.8 Å². The number of hydrogen-bond acceptors (Lipinski definition) is 6. The van der Waals surface area contributed by atoms with Crippen molar-refractivity contribution < 1.29 is 13.2 Å². The molecule has 0 amide bonds. The molecule has 0 bridgehead atoms. The molecule has 2 unspecified atom stereocenters. The number of aryl methyl sites for hydroxylation is 1. The third kappa shape index (κ3) is 3.02. The molecule has 132 valence electrons. The lowest BCUT2D eigenvalue weighted by atomic mass is 10.0. The van der Waals surface area contributed by atoms with Gasteiger partial charge in [-0.15, -0.1) is 5.10 Å². The molecule has 2 saturated heterocycles. The summed E-state index contributed by atoms with van der Waals surface area (Å²) in [5.74, 6) is 0.857. The van der Waals surface area contributed by atoms with Crippen LogP contribution >= 0.6 is 0 Å². The van der Waals surface area contributed by atoms with Crippen LogP contribution in [0.3, 0.4) is 0 Å². The van der Waals surface area contributed by atoms with Gasteiger partial charge in [-0.25, -0.2) is 8.42 Å². The van der Waals surface area contributed by atoms with E-state index in [0.29, 0.717) is 13.2 Å². The molecule has 7 nitrogen and oxygen atoms in total. The van der Waals surface area contributed by atoms with Crippen LogP contribution in [0.25, 0.3) is 0 Å². The average Bonchev–Trinajstić information content (AvgIpc) is 3.42. The number of hydrogen-bond donors (Lipinski definition) is 0. The summed E-state index contributed by atoms with van der Waals surface area (Å²) in [4.78, 5) is 2.19. The van der Waals surface area contributed by atoms with Gasteiger partial charge in [-0.1, -0.05) is 0 Å². The Kier molecular flexibility index (Phi) is 4.22. The zero-order valence-corrected chi connectivity index (χ0v) is 14.8. The summed E-state index contributed by atoms with van der Waals surface area (Å²) >= 11 is 0. The zero-order valence-electron chi connectivity index (χ0n) is 14.0. The van der Waals surface area contributed by atoms with Gasteiger partial charge >= 0.3 is 0 Å². The molecule has 3 aliphatic rings. The van der Waals surface area contributed by atoms with E-state index in [1.54, 1.807) is 4.31 Å². The van der Waals surface area contributed by atoms with Crippen molar-refractivity contribution >= 4 is 15.8 Å². The second kappa shape index (κ2) is 6.24. The molecule has 8 heteroatoms. The van der Waals surface area contributed by atoms with Crippen LogP contribution in [0.4, 0.5) is 5.82 Å². The minimum absolute atomic E-state index is 0.0179. The number of anilines is 1. The molecule has 0 aromatic carbocycles. The van der Waals surface area contributed by atoms with Crippen LogP contribution in [0, 0.1) is 6.92 Å². The van der Waals surface area contributed by atoms with E-state index in [1.807, 2.05) is 19.1 Å². The van der Waals surface area contributed by atoms with Crippen LogP contribution in [0.1, 0.15) is 31.4 Å². The molecule has 24 heavy (non-hydrogen) atoms. The molecule has 0 N–H and O–H groups in total. The van der Waals surface area contributed by atoms with Crippen LogP contribution in [0.15, 0.2) is 12.1 Å². The first-order valence-corrected chi connectivity index (χ1v) is 10.2. The smallest absolute Gasteiger partial charge is 0.217 e. The fraction of sp³-hybridized carbons (Fsp3) is 0.750. The molecule has 4 rings (SSSR count). The molecular formula is C16H24N4O3S. The zero-order chi connectivity index (χ0) is 16.7. The largest absolute Gasteiger partial charge is 0.375 e. The van der Waals surface area contributed by atoms with Gasteiger partial charge in [-0.05, 0) is 44.7 Å².